The molecule has 0 aliphatic heterocycles. The molecule has 1 amide bonds. The third-order valence-corrected chi connectivity index (χ3v) is 5.27. The number of amides is 1. The van der Waals surface area contributed by atoms with Crippen molar-refractivity contribution in [1.29, 1.82) is 0 Å². The lowest BCUT2D eigenvalue weighted by molar-refractivity contribution is 0.102. The molecule has 152 valence electrons. The smallest absolute Gasteiger partial charge is 0.255 e. The first-order valence-electron chi connectivity index (χ1n) is 9.32. The number of nitrogens with zero attached hydrogens (tertiary/aromatic N) is 4. The Labute approximate surface area is 178 Å². The summed E-state index contributed by atoms with van der Waals surface area (Å²) in [4.78, 5) is 21.1. The lowest BCUT2D eigenvalue weighted by atomic mass is 10.2. The van der Waals surface area contributed by atoms with Gasteiger partial charge in [-0.05, 0) is 54.8 Å². The van der Waals surface area contributed by atoms with Crippen LogP contribution in [0.2, 0.25) is 0 Å². The molecule has 0 saturated heterocycles. The molecule has 2 aromatic heterocycles. The lowest BCUT2D eigenvalue weighted by Gasteiger charge is -2.10. The summed E-state index contributed by atoms with van der Waals surface area (Å²) in [6, 6.07) is 14.7. The predicted octanol–water partition coefficient (Wildman–Crippen LogP) is 4.16. The molecule has 0 spiro atoms. The van der Waals surface area contributed by atoms with E-state index in [1.54, 1.807) is 36.3 Å². The second-order valence-electron chi connectivity index (χ2n) is 6.55. The fourth-order valence-corrected chi connectivity index (χ4v) is 3.46. The first-order valence-corrected chi connectivity index (χ1v) is 10.5. The second-order valence-corrected chi connectivity index (χ2v) is 7.33. The first kappa shape index (κ1) is 19.8. The predicted molar refractivity (Wildman–Crippen MR) is 117 cm³/mol. The van der Waals surface area contributed by atoms with Crippen LogP contribution in [-0.2, 0) is 13.7 Å². The average molecular weight is 420 g/mol. The highest BCUT2D eigenvalue weighted by atomic mass is 32.2. The van der Waals surface area contributed by atoms with Crippen molar-refractivity contribution in [2.75, 3.05) is 11.6 Å². The Morgan fingerprint density at radius 3 is 2.43 bits per heavy atom. The Hall–Kier alpha value is -3.52. The molecule has 0 fully saturated rings. The van der Waals surface area contributed by atoms with Gasteiger partial charge in [-0.15, -0.1) is 0 Å². The summed E-state index contributed by atoms with van der Waals surface area (Å²) in [5.74, 6) is 1.39. The van der Waals surface area contributed by atoms with Gasteiger partial charge >= 0.3 is 0 Å². The van der Waals surface area contributed by atoms with Crippen molar-refractivity contribution in [2.45, 2.75) is 11.8 Å². The molecule has 4 aromatic rings. The van der Waals surface area contributed by atoms with Gasteiger partial charge in [-0.1, -0.05) is 11.8 Å². The number of hydrogen-bond acceptors (Lipinski definition) is 5. The van der Waals surface area contributed by atoms with Crippen LogP contribution in [0.1, 0.15) is 16.2 Å². The molecule has 4 rings (SSSR count). The van der Waals surface area contributed by atoms with E-state index in [1.165, 1.54) is 0 Å². The van der Waals surface area contributed by atoms with Crippen LogP contribution >= 0.6 is 11.8 Å². The zero-order chi connectivity index (χ0) is 20.9. The minimum Gasteiger partial charge on any atom is -0.486 e. The highest BCUT2D eigenvalue weighted by molar-refractivity contribution is 7.98. The number of carbonyl (C=O) groups excluding carboxylic acids is 1. The molecule has 2 heterocycles. The summed E-state index contributed by atoms with van der Waals surface area (Å²) in [6.07, 6.45) is 9.26. The van der Waals surface area contributed by atoms with Crippen LogP contribution in [0.5, 0.6) is 5.75 Å². The second kappa shape index (κ2) is 8.87. The van der Waals surface area contributed by atoms with Crippen LogP contribution in [0.25, 0.3) is 5.69 Å². The number of carbonyl (C=O) groups is 1. The number of aromatic nitrogens is 4. The Kier molecular flexibility index (Phi) is 5.85. The normalized spacial score (nSPS) is 10.7. The van der Waals surface area contributed by atoms with Gasteiger partial charge in [0.15, 0.2) is 5.16 Å². The molecule has 0 saturated carbocycles. The zero-order valence-electron chi connectivity index (χ0n) is 16.6. The molecule has 0 bridgehead atoms. The number of hydrogen-bond donors (Lipinski definition) is 1. The van der Waals surface area contributed by atoms with Crippen LogP contribution in [0.4, 0.5) is 5.69 Å². The largest absolute Gasteiger partial charge is 0.486 e. The van der Waals surface area contributed by atoms with Gasteiger partial charge in [-0.3, -0.25) is 9.36 Å². The third-order valence-electron chi connectivity index (χ3n) is 4.60. The molecule has 0 aliphatic carbocycles. The van der Waals surface area contributed by atoms with Crippen molar-refractivity contribution in [3.8, 4) is 11.4 Å². The van der Waals surface area contributed by atoms with E-state index in [0.717, 1.165) is 16.7 Å². The molecule has 7 nitrogen and oxygen atoms in total. The van der Waals surface area contributed by atoms with Crippen LogP contribution in [0, 0.1) is 0 Å². The van der Waals surface area contributed by atoms with Gasteiger partial charge in [0.25, 0.3) is 5.91 Å². The molecule has 0 aliphatic rings. The van der Waals surface area contributed by atoms with E-state index in [4.69, 9.17) is 4.74 Å². The number of nitrogens with one attached hydrogen (secondary N) is 1. The summed E-state index contributed by atoms with van der Waals surface area (Å²) in [5.41, 5.74) is 2.25. The minimum absolute atomic E-state index is 0.168. The number of benzene rings is 2. The fourth-order valence-electron chi connectivity index (χ4n) is 2.93. The van der Waals surface area contributed by atoms with E-state index in [1.807, 2.05) is 71.2 Å². The van der Waals surface area contributed by atoms with Gasteiger partial charge < -0.3 is 14.6 Å². The number of ether oxygens (including phenoxy) is 1. The van der Waals surface area contributed by atoms with Crippen molar-refractivity contribution >= 4 is 23.4 Å². The van der Waals surface area contributed by atoms with Crippen molar-refractivity contribution in [1.82, 2.24) is 19.1 Å². The van der Waals surface area contributed by atoms with Crippen LogP contribution in [0.15, 0.2) is 78.5 Å². The summed E-state index contributed by atoms with van der Waals surface area (Å²) in [7, 11) is 1.92. The Morgan fingerprint density at radius 1 is 1.03 bits per heavy atom. The maximum Gasteiger partial charge on any atom is 0.255 e. The van der Waals surface area contributed by atoms with Crippen LogP contribution in [0.3, 0.4) is 0 Å². The molecule has 0 unspecified atom stereocenters. The average Bonchev–Trinajstić information content (AvgIpc) is 3.42. The van der Waals surface area contributed by atoms with Crippen LogP contribution in [-0.4, -0.2) is 31.3 Å². The number of rotatable bonds is 7. The quantitative estimate of drug-likeness (QED) is 0.455. The molecular formula is C22H21N5O2S. The van der Waals surface area contributed by atoms with Gasteiger partial charge in [-0.2, -0.15) is 0 Å². The Balaban J connectivity index is 1.37. The van der Waals surface area contributed by atoms with E-state index in [9.17, 15) is 4.79 Å². The fraction of sp³-hybridized carbons (Fsp3) is 0.136. The molecule has 0 radical (unpaired) electrons. The molecule has 8 heteroatoms. The third kappa shape index (κ3) is 4.38. The van der Waals surface area contributed by atoms with Crippen molar-refractivity contribution in [3.05, 3.63) is 84.7 Å². The highest BCUT2D eigenvalue weighted by Crippen LogP contribution is 2.20. The van der Waals surface area contributed by atoms with Gasteiger partial charge in [0.05, 0.1) is 0 Å². The summed E-state index contributed by atoms with van der Waals surface area (Å²) < 4.78 is 9.63. The van der Waals surface area contributed by atoms with Gasteiger partial charge in [0.1, 0.15) is 18.2 Å². The van der Waals surface area contributed by atoms with E-state index in [-0.39, 0.29) is 5.91 Å². The summed E-state index contributed by atoms with van der Waals surface area (Å²) in [6.45, 7) is 0.386. The maximum atomic E-state index is 12.6. The topological polar surface area (TPSA) is 74.0 Å². The molecule has 30 heavy (non-hydrogen) atoms. The van der Waals surface area contributed by atoms with Gasteiger partial charge in [-0.25, -0.2) is 9.97 Å². The number of aryl methyl sites for hydroxylation is 1. The van der Waals surface area contributed by atoms with Crippen molar-refractivity contribution in [3.63, 3.8) is 0 Å². The van der Waals surface area contributed by atoms with Gasteiger partial charge in [0.2, 0.25) is 0 Å². The molecular weight excluding hydrogens is 398 g/mol. The van der Waals surface area contributed by atoms with E-state index < -0.39 is 0 Å². The van der Waals surface area contributed by atoms with E-state index in [2.05, 4.69) is 15.3 Å². The lowest BCUT2D eigenvalue weighted by Crippen LogP contribution is -2.12. The summed E-state index contributed by atoms with van der Waals surface area (Å²) in [5, 5.41) is 3.81. The van der Waals surface area contributed by atoms with Crippen LogP contribution < -0.4 is 10.1 Å². The van der Waals surface area contributed by atoms with E-state index in [0.29, 0.717) is 23.6 Å². The standard InChI is InChI=1S/C22H21N5O2S/c1-26-13-11-23-20(26)15-29-19-9-5-17(6-10-19)25-21(28)16-3-7-18(8-4-16)27-14-12-24-22(27)30-2/h3-14H,15H2,1-2H3,(H,25,28). The number of anilines is 1. The van der Waals surface area contributed by atoms with E-state index >= 15 is 0 Å². The zero-order valence-corrected chi connectivity index (χ0v) is 17.5. The molecule has 2 aromatic carbocycles. The number of imidazole rings is 2. The SMILES string of the molecule is CSc1nccn1-c1ccc(C(=O)Nc2ccc(OCc3nccn3C)cc2)cc1. The molecule has 1 N–H and O–H groups in total. The number of thioether (sulfide) groups is 1. The Bertz CT molecular complexity index is 1130. The highest BCUT2D eigenvalue weighted by Gasteiger charge is 2.09. The molecule has 0 atom stereocenters. The minimum atomic E-state index is -0.168. The summed E-state index contributed by atoms with van der Waals surface area (Å²) >= 11 is 1.57. The van der Waals surface area contributed by atoms with Crippen molar-refractivity contribution < 1.29 is 9.53 Å². The Morgan fingerprint density at radius 2 is 1.77 bits per heavy atom. The van der Waals surface area contributed by atoms with Crippen molar-refractivity contribution in [2.24, 2.45) is 7.05 Å². The van der Waals surface area contributed by atoms with Gasteiger partial charge in [0, 0.05) is 48.8 Å². The first-order chi connectivity index (χ1) is 14.6. The maximum absolute atomic E-state index is 12.6. The monoisotopic (exact) mass is 419 g/mol.